The van der Waals surface area contributed by atoms with Crippen molar-refractivity contribution in [3.05, 3.63) is 42.7 Å². The van der Waals surface area contributed by atoms with Crippen LogP contribution >= 0.6 is 0 Å². The first-order valence-electron chi connectivity index (χ1n) is 9.47. The molecule has 1 atom stereocenters. The van der Waals surface area contributed by atoms with Gasteiger partial charge >= 0.3 is 0 Å². The van der Waals surface area contributed by atoms with Crippen LogP contribution in [0.25, 0.3) is 33.4 Å². The van der Waals surface area contributed by atoms with Crippen molar-refractivity contribution in [1.82, 2.24) is 29.9 Å². The van der Waals surface area contributed by atoms with E-state index in [1.54, 1.807) is 30.2 Å². The number of rotatable bonds is 4. The highest BCUT2D eigenvalue weighted by atomic mass is 19.1. The van der Waals surface area contributed by atoms with Gasteiger partial charge in [0.2, 0.25) is 0 Å². The van der Waals surface area contributed by atoms with Crippen molar-refractivity contribution in [3.63, 3.8) is 0 Å². The number of aromatic nitrogens is 6. The molecule has 2 N–H and O–H groups in total. The number of fused-ring (bicyclic) bond motifs is 1. The Labute approximate surface area is 166 Å². The first-order valence-corrected chi connectivity index (χ1v) is 9.47. The van der Waals surface area contributed by atoms with Crippen molar-refractivity contribution >= 4 is 16.7 Å². The summed E-state index contributed by atoms with van der Waals surface area (Å²) in [7, 11) is 1.80. The third kappa shape index (κ3) is 3.13. The van der Waals surface area contributed by atoms with Crippen molar-refractivity contribution in [2.24, 2.45) is 13.0 Å². The zero-order chi connectivity index (χ0) is 20.0. The predicted octanol–water partition coefficient (Wildman–Crippen LogP) is 2.38. The Bertz CT molecular complexity index is 1180. The number of aliphatic hydroxyl groups is 1. The van der Waals surface area contributed by atoms with E-state index in [1.807, 2.05) is 6.07 Å². The molecule has 4 aromatic rings. The van der Waals surface area contributed by atoms with E-state index in [-0.39, 0.29) is 18.3 Å². The van der Waals surface area contributed by atoms with E-state index in [0.29, 0.717) is 28.0 Å². The van der Waals surface area contributed by atoms with E-state index in [4.69, 9.17) is 0 Å². The topological polar surface area (TPSA) is 95.7 Å². The minimum atomic E-state index is -0.337. The van der Waals surface area contributed by atoms with Gasteiger partial charge in [-0.2, -0.15) is 10.2 Å². The number of halogens is 1. The highest BCUT2D eigenvalue weighted by Gasteiger charge is 2.24. The summed E-state index contributed by atoms with van der Waals surface area (Å²) in [6.45, 7) is 1.80. The van der Waals surface area contributed by atoms with Gasteiger partial charge in [0, 0.05) is 67.5 Å². The van der Waals surface area contributed by atoms with Gasteiger partial charge in [0.05, 0.1) is 17.4 Å². The molecule has 148 valence electrons. The summed E-state index contributed by atoms with van der Waals surface area (Å²) in [5.41, 5.74) is 3.08. The Hall–Kier alpha value is -3.33. The molecule has 0 saturated carbocycles. The van der Waals surface area contributed by atoms with Crippen LogP contribution in [-0.4, -0.2) is 54.7 Å². The van der Waals surface area contributed by atoms with Crippen LogP contribution in [0.2, 0.25) is 0 Å². The Morgan fingerprint density at radius 3 is 2.93 bits per heavy atom. The quantitative estimate of drug-likeness (QED) is 0.553. The molecule has 0 aliphatic carbocycles. The second-order valence-electron chi connectivity index (χ2n) is 7.40. The number of hydrogen-bond donors (Lipinski definition) is 2. The van der Waals surface area contributed by atoms with Crippen LogP contribution in [-0.2, 0) is 7.05 Å². The molecule has 1 saturated heterocycles. The van der Waals surface area contributed by atoms with Crippen molar-refractivity contribution in [2.45, 2.75) is 6.42 Å². The first kappa shape index (κ1) is 17.7. The lowest BCUT2D eigenvalue weighted by Gasteiger charge is -2.17. The van der Waals surface area contributed by atoms with Gasteiger partial charge in [0.25, 0.3) is 0 Å². The molecule has 1 aliphatic rings. The van der Waals surface area contributed by atoms with Crippen LogP contribution < -0.4 is 4.90 Å². The Balaban J connectivity index is 1.56. The summed E-state index contributed by atoms with van der Waals surface area (Å²) in [6, 6.07) is 5.12. The SMILES string of the molecule is Cn1cc(-c2cc3c(-c4cc(N5CC[C@@H](CO)C5)ncn4)n[nH]c3cc2F)cn1. The van der Waals surface area contributed by atoms with E-state index < -0.39 is 0 Å². The number of nitrogens with zero attached hydrogens (tertiary/aromatic N) is 6. The maximum atomic E-state index is 14.6. The Kier molecular flexibility index (Phi) is 4.24. The van der Waals surface area contributed by atoms with Crippen LogP contribution in [0.1, 0.15) is 6.42 Å². The molecule has 0 radical (unpaired) electrons. The van der Waals surface area contributed by atoms with Crippen LogP contribution in [0.15, 0.2) is 36.9 Å². The summed E-state index contributed by atoms with van der Waals surface area (Å²) in [6.07, 6.45) is 5.87. The van der Waals surface area contributed by atoms with Gasteiger partial charge in [-0.1, -0.05) is 0 Å². The maximum absolute atomic E-state index is 14.6. The summed E-state index contributed by atoms with van der Waals surface area (Å²) in [5, 5.41) is 21.6. The van der Waals surface area contributed by atoms with Crippen LogP contribution in [0.3, 0.4) is 0 Å². The van der Waals surface area contributed by atoms with E-state index in [9.17, 15) is 9.50 Å². The molecule has 29 heavy (non-hydrogen) atoms. The lowest BCUT2D eigenvalue weighted by molar-refractivity contribution is 0.238. The van der Waals surface area contributed by atoms with Gasteiger partial charge in [-0.3, -0.25) is 9.78 Å². The van der Waals surface area contributed by atoms with E-state index in [1.165, 1.54) is 12.4 Å². The van der Waals surface area contributed by atoms with Crippen LogP contribution in [0.4, 0.5) is 10.2 Å². The third-order valence-electron chi connectivity index (χ3n) is 5.43. The number of benzene rings is 1. The second-order valence-corrected chi connectivity index (χ2v) is 7.40. The second kappa shape index (κ2) is 6.93. The van der Waals surface area contributed by atoms with Crippen LogP contribution in [0.5, 0.6) is 0 Å². The smallest absolute Gasteiger partial charge is 0.133 e. The van der Waals surface area contributed by atoms with E-state index >= 15 is 0 Å². The van der Waals surface area contributed by atoms with Crippen molar-refractivity contribution in [3.8, 4) is 22.5 Å². The molecule has 4 heterocycles. The summed E-state index contributed by atoms with van der Waals surface area (Å²) < 4.78 is 16.3. The Morgan fingerprint density at radius 1 is 1.28 bits per heavy atom. The molecule has 9 heteroatoms. The fourth-order valence-corrected chi connectivity index (χ4v) is 3.85. The number of aromatic amines is 1. The molecule has 1 aliphatic heterocycles. The molecule has 3 aromatic heterocycles. The molecule has 0 amide bonds. The minimum absolute atomic E-state index is 0.182. The molecule has 8 nitrogen and oxygen atoms in total. The molecule has 0 bridgehead atoms. The van der Waals surface area contributed by atoms with Gasteiger partial charge in [-0.05, 0) is 12.5 Å². The normalized spacial score (nSPS) is 16.8. The number of aryl methyl sites for hydroxylation is 1. The molecule has 5 rings (SSSR count). The maximum Gasteiger partial charge on any atom is 0.133 e. The van der Waals surface area contributed by atoms with Crippen molar-refractivity contribution in [1.29, 1.82) is 0 Å². The largest absolute Gasteiger partial charge is 0.396 e. The summed E-state index contributed by atoms with van der Waals surface area (Å²) in [4.78, 5) is 10.9. The van der Waals surface area contributed by atoms with Crippen molar-refractivity contribution in [2.75, 3.05) is 24.6 Å². The zero-order valence-electron chi connectivity index (χ0n) is 15.9. The van der Waals surface area contributed by atoms with Gasteiger partial charge in [-0.15, -0.1) is 0 Å². The molecule has 1 aromatic carbocycles. The average molecular weight is 393 g/mol. The molecule has 1 fully saturated rings. The lowest BCUT2D eigenvalue weighted by atomic mass is 10.0. The highest BCUT2D eigenvalue weighted by Crippen LogP contribution is 2.33. The van der Waals surface area contributed by atoms with Crippen LogP contribution in [0, 0.1) is 11.7 Å². The number of anilines is 1. The predicted molar refractivity (Wildman–Crippen MR) is 107 cm³/mol. The molecule has 0 spiro atoms. The van der Waals surface area contributed by atoms with E-state index in [2.05, 4.69) is 30.2 Å². The number of H-pyrrole nitrogens is 1. The third-order valence-corrected chi connectivity index (χ3v) is 5.43. The zero-order valence-corrected chi connectivity index (χ0v) is 15.9. The summed E-state index contributed by atoms with van der Waals surface area (Å²) >= 11 is 0. The Morgan fingerprint density at radius 2 is 2.17 bits per heavy atom. The average Bonchev–Trinajstić information content (AvgIpc) is 3.46. The monoisotopic (exact) mass is 393 g/mol. The number of aliphatic hydroxyl groups excluding tert-OH is 1. The molecule has 0 unspecified atom stereocenters. The van der Waals surface area contributed by atoms with Gasteiger partial charge in [-0.25, -0.2) is 14.4 Å². The number of nitrogens with one attached hydrogen (secondary N) is 1. The fourth-order valence-electron chi connectivity index (χ4n) is 3.85. The lowest BCUT2D eigenvalue weighted by Crippen LogP contribution is -2.21. The van der Waals surface area contributed by atoms with Crippen molar-refractivity contribution < 1.29 is 9.50 Å². The molecular weight excluding hydrogens is 373 g/mol. The summed E-state index contributed by atoms with van der Waals surface area (Å²) in [5.74, 6) is 0.734. The molecular formula is C20H20FN7O. The van der Waals surface area contributed by atoms with Gasteiger partial charge in [0.15, 0.2) is 0 Å². The van der Waals surface area contributed by atoms with Gasteiger partial charge < -0.3 is 10.0 Å². The van der Waals surface area contributed by atoms with E-state index in [0.717, 1.165) is 30.7 Å². The highest BCUT2D eigenvalue weighted by molar-refractivity contribution is 5.95. The first-order chi connectivity index (χ1) is 14.1. The number of hydrogen-bond acceptors (Lipinski definition) is 6. The fraction of sp³-hybridized carbons (Fsp3) is 0.300. The minimum Gasteiger partial charge on any atom is -0.396 e. The van der Waals surface area contributed by atoms with Gasteiger partial charge in [0.1, 0.15) is 23.7 Å². The standard InChI is InChI=1S/C20H20FN7O/c1-27-9-13(7-24-27)14-4-15-17(5-16(14)21)25-26-20(15)18-6-19(23-11-22-18)28-3-2-12(8-28)10-29/h4-7,9,11-12,29H,2-3,8,10H2,1H3,(H,25,26)/t12-/m1/s1.